The number of thiophene rings is 1. The lowest BCUT2D eigenvalue weighted by molar-refractivity contribution is 0.586. The second-order valence-electron chi connectivity index (χ2n) is 2.52. The van der Waals surface area contributed by atoms with Crippen molar-refractivity contribution in [2.24, 2.45) is 0 Å². The number of halogens is 1. The zero-order chi connectivity index (χ0) is 9.97. The van der Waals surface area contributed by atoms with Gasteiger partial charge in [0.05, 0.1) is 3.79 Å². The van der Waals surface area contributed by atoms with Crippen LogP contribution in [0.1, 0.15) is 5.56 Å². The maximum atomic E-state index is 5.27. The van der Waals surface area contributed by atoms with Gasteiger partial charge in [-0.05, 0) is 32.9 Å². The minimum Gasteiger partial charge on any atom is -0.390 e. The number of nitrogen functional groups attached to an aromatic ring is 1. The van der Waals surface area contributed by atoms with Gasteiger partial charge in [0.1, 0.15) is 0 Å². The molecular weight excluding hydrogens is 268 g/mol. The van der Waals surface area contributed by atoms with E-state index < -0.39 is 0 Å². The van der Waals surface area contributed by atoms with E-state index in [0.29, 0.717) is 12.6 Å². The summed E-state index contributed by atoms with van der Waals surface area (Å²) in [5.74, 6) is 0. The van der Waals surface area contributed by atoms with Gasteiger partial charge in [0.15, 0.2) is 0 Å². The molecule has 0 saturated carbocycles. The molecule has 0 amide bonds. The summed E-state index contributed by atoms with van der Waals surface area (Å²) >= 11 is 5.06. The highest BCUT2D eigenvalue weighted by Crippen LogP contribution is 2.24. The molecule has 2 heterocycles. The summed E-state index contributed by atoms with van der Waals surface area (Å²) in [7, 11) is 0. The van der Waals surface area contributed by atoms with E-state index in [1.165, 1.54) is 0 Å². The third kappa shape index (κ3) is 2.05. The lowest BCUT2D eigenvalue weighted by atomic mass is 10.3. The molecule has 0 saturated heterocycles. The Balaban J connectivity index is 1.98. The molecule has 74 valence electrons. The average Bonchev–Trinajstić information content (AvgIpc) is 2.72. The van der Waals surface area contributed by atoms with Crippen LogP contribution in [0.2, 0.25) is 0 Å². The van der Waals surface area contributed by atoms with Crippen LogP contribution < -0.4 is 11.1 Å². The number of aromatic nitrogens is 2. The molecule has 3 N–H and O–H groups in total. The first-order valence-corrected chi connectivity index (χ1v) is 5.47. The largest absolute Gasteiger partial charge is 0.390 e. The van der Waals surface area contributed by atoms with Gasteiger partial charge in [-0.25, -0.2) is 0 Å². The summed E-state index contributed by atoms with van der Waals surface area (Å²) in [4.78, 5) is 0. The lowest BCUT2D eigenvalue weighted by Gasteiger charge is -1.98. The first-order valence-electron chi connectivity index (χ1n) is 3.80. The molecule has 0 aliphatic carbocycles. The van der Waals surface area contributed by atoms with Crippen LogP contribution in [-0.4, -0.2) is 10.2 Å². The number of anilines is 2. The van der Waals surface area contributed by atoms with Gasteiger partial charge in [0, 0.05) is 6.54 Å². The Morgan fingerprint density at radius 2 is 2.43 bits per heavy atom. The van der Waals surface area contributed by atoms with Gasteiger partial charge in [-0.3, -0.25) is 0 Å². The van der Waals surface area contributed by atoms with Crippen LogP contribution in [0.15, 0.2) is 19.6 Å². The molecule has 7 heteroatoms. The number of nitrogens with zero attached hydrogens (tertiary/aromatic N) is 2. The molecule has 0 fully saturated rings. The van der Waals surface area contributed by atoms with Crippen molar-refractivity contribution in [3.63, 3.8) is 0 Å². The number of nitrogens with one attached hydrogen (secondary N) is 1. The maximum absolute atomic E-state index is 5.27. The van der Waals surface area contributed by atoms with E-state index in [9.17, 15) is 0 Å². The van der Waals surface area contributed by atoms with Crippen LogP contribution in [0.3, 0.4) is 0 Å². The Kier molecular flexibility index (Phi) is 2.69. The zero-order valence-electron chi connectivity index (χ0n) is 7.03. The van der Waals surface area contributed by atoms with Gasteiger partial charge in [0.2, 0.25) is 0 Å². The van der Waals surface area contributed by atoms with Gasteiger partial charge in [-0.2, -0.15) is 0 Å². The highest BCUT2D eigenvalue weighted by molar-refractivity contribution is 9.11. The van der Waals surface area contributed by atoms with Gasteiger partial charge in [-0.1, -0.05) is 10.2 Å². The number of hydrogen-bond acceptors (Lipinski definition) is 6. The quantitative estimate of drug-likeness (QED) is 0.896. The highest BCUT2D eigenvalue weighted by atomic mass is 79.9. The summed E-state index contributed by atoms with van der Waals surface area (Å²) in [6.07, 6.45) is 0. The summed E-state index contributed by atoms with van der Waals surface area (Å²) in [6.45, 7) is 0.631. The lowest BCUT2D eigenvalue weighted by Crippen LogP contribution is -1.98. The third-order valence-electron chi connectivity index (χ3n) is 1.56. The van der Waals surface area contributed by atoms with Crippen molar-refractivity contribution in [3.05, 3.63) is 20.8 Å². The highest BCUT2D eigenvalue weighted by Gasteiger charge is 2.04. The fraction of sp³-hybridized carbons (Fsp3) is 0.143. The number of nitrogens with two attached hydrogens (primary N) is 1. The van der Waals surface area contributed by atoms with Crippen molar-refractivity contribution < 1.29 is 4.42 Å². The second kappa shape index (κ2) is 3.97. The zero-order valence-corrected chi connectivity index (χ0v) is 9.43. The minimum atomic E-state index is 0.0666. The Bertz CT molecular complexity index is 427. The van der Waals surface area contributed by atoms with Crippen LogP contribution in [0.25, 0.3) is 0 Å². The summed E-state index contributed by atoms with van der Waals surface area (Å²) in [5.41, 5.74) is 6.42. The SMILES string of the molecule is Nc1nnc(NCc2ccsc2Br)o1. The van der Waals surface area contributed by atoms with E-state index in [0.717, 1.165) is 9.35 Å². The molecule has 0 bridgehead atoms. The molecule has 5 nitrogen and oxygen atoms in total. The van der Waals surface area contributed by atoms with Gasteiger partial charge in [0.25, 0.3) is 0 Å². The van der Waals surface area contributed by atoms with Gasteiger partial charge >= 0.3 is 12.0 Å². The minimum absolute atomic E-state index is 0.0666. The Morgan fingerprint density at radius 3 is 3.00 bits per heavy atom. The molecule has 2 aromatic heterocycles. The van der Waals surface area contributed by atoms with E-state index in [-0.39, 0.29) is 6.01 Å². The molecule has 0 atom stereocenters. The molecule has 2 aromatic rings. The predicted molar refractivity (Wildman–Crippen MR) is 58.1 cm³/mol. The molecule has 0 aliphatic rings. The van der Waals surface area contributed by atoms with Crippen LogP contribution in [0.5, 0.6) is 0 Å². The Labute approximate surface area is 92.5 Å². The molecular formula is C7H7BrN4OS. The van der Waals surface area contributed by atoms with E-state index in [4.69, 9.17) is 10.2 Å². The van der Waals surface area contributed by atoms with Crippen molar-refractivity contribution >= 4 is 39.3 Å². The van der Waals surface area contributed by atoms with Crippen molar-refractivity contribution in [3.8, 4) is 0 Å². The number of rotatable bonds is 3. The monoisotopic (exact) mass is 274 g/mol. The molecule has 0 radical (unpaired) electrons. The van der Waals surface area contributed by atoms with Crippen LogP contribution in [-0.2, 0) is 6.54 Å². The van der Waals surface area contributed by atoms with Crippen molar-refractivity contribution in [1.29, 1.82) is 0 Å². The Morgan fingerprint density at radius 1 is 1.57 bits per heavy atom. The van der Waals surface area contributed by atoms with E-state index >= 15 is 0 Å². The molecule has 14 heavy (non-hydrogen) atoms. The van der Waals surface area contributed by atoms with Crippen LogP contribution in [0.4, 0.5) is 12.0 Å². The maximum Gasteiger partial charge on any atom is 0.317 e. The van der Waals surface area contributed by atoms with Crippen LogP contribution >= 0.6 is 27.3 Å². The van der Waals surface area contributed by atoms with Crippen molar-refractivity contribution in [2.45, 2.75) is 6.54 Å². The fourth-order valence-electron chi connectivity index (χ4n) is 0.922. The van der Waals surface area contributed by atoms with E-state index in [1.807, 2.05) is 11.4 Å². The normalized spacial score (nSPS) is 10.4. The molecule has 0 aliphatic heterocycles. The van der Waals surface area contributed by atoms with E-state index in [1.54, 1.807) is 11.3 Å². The fourth-order valence-corrected chi connectivity index (χ4v) is 2.16. The molecule has 0 spiro atoms. The van der Waals surface area contributed by atoms with Gasteiger partial charge in [-0.15, -0.1) is 11.3 Å². The smallest absolute Gasteiger partial charge is 0.317 e. The van der Waals surface area contributed by atoms with Crippen molar-refractivity contribution in [2.75, 3.05) is 11.1 Å². The van der Waals surface area contributed by atoms with E-state index in [2.05, 4.69) is 31.4 Å². The summed E-state index contributed by atoms with van der Waals surface area (Å²) in [6, 6.07) is 2.42. The third-order valence-corrected chi connectivity index (χ3v) is 3.38. The van der Waals surface area contributed by atoms with Crippen molar-refractivity contribution in [1.82, 2.24) is 10.2 Å². The standard InChI is InChI=1S/C7H7BrN4OS/c8-5-4(1-2-14-5)3-10-7-12-11-6(9)13-7/h1-2H,3H2,(H2,9,11)(H,10,12). The second-order valence-corrected chi connectivity index (χ2v) is 4.75. The first kappa shape index (κ1) is 9.47. The molecule has 2 rings (SSSR count). The topological polar surface area (TPSA) is 77.0 Å². The first-order chi connectivity index (χ1) is 6.75. The number of hydrogen-bond donors (Lipinski definition) is 2. The Hall–Kier alpha value is -1.08. The van der Waals surface area contributed by atoms with Gasteiger partial charge < -0.3 is 15.5 Å². The molecule has 0 aromatic carbocycles. The average molecular weight is 275 g/mol. The summed E-state index contributed by atoms with van der Waals surface area (Å²) in [5, 5.41) is 12.2. The van der Waals surface area contributed by atoms with Crippen LogP contribution in [0, 0.1) is 0 Å². The molecule has 0 unspecified atom stereocenters. The summed E-state index contributed by atoms with van der Waals surface area (Å²) < 4.78 is 6.05. The predicted octanol–water partition coefficient (Wildman–Crippen LogP) is 2.09.